The first-order chi connectivity index (χ1) is 10.6. The summed E-state index contributed by atoms with van der Waals surface area (Å²) in [4.78, 5) is 3.52. The van der Waals surface area contributed by atoms with Gasteiger partial charge in [-0.25, -0.2) is 8.78 Å². The molecule has 0 aliphatic carbocycles. The van der Waals surface area contributed by atoms with E-state index in [2.05, 4.69) is 14.7 Å². The van der Waals surface area contributed by atoms with Crippen LogP contribution in [0.1, 0.15) is 30.6 Å². The lowest BCUT2D eigenvalue weighted by Crippen LogP contribution is -2.01. The highest BCUT2D eigenvalue weighted by Crippen LogP contribution is 2.29. The van der Waals surface area contributed by atoms with E-state index in [9.17, 15) is 8.78 Å². The van der Waals surface area contributed by atoms with E-state index in [1.807, 2.05) is 6.92 Å². The van der Waals surface area contributed by atoms with Gasteiger partial charge in [-0.2, -0.15) is 4.98 Å². The van der Waals surface area contributed by atoms with E-state index in [0.717, 1.165) is 5.56 Å². The normalized spacial score (nSPS) is 11.0. The van der Waals surface area contributed by atoms with Crippen LogP contribution in [0.2, 0.25) is 0 Å². The summed E-state index contributed by atoms with van der Waals surface area (Å²) in [5.74, 6) is 0.224. The zero-order valence-corrected chi connectivity index (χ0v) is 12.0. The highest BCUT2D eigenvalue weighted by atomic mass is 19.3. The Kier molecular flexibility index (Phi) is 5.65. The molecule has 1 aromatic heterocycles. The molecule has 0 fully saturated rings. The molecule has 1 aromatic carbocycles. The number of alkyl halides is 2. The quantitative estimate of drug-likeness (QED) is 0.806. The predicted octanol–water partition coefficient (Wildman–Crippen LogP) is 2.52. The van der Waals surface area contributed by atoms with Gasteiger partial charge in [0.2, 0.25) is 5.82 Å². The van der Waals surface area contributed by atoms with Gasteiger partial charge in [-0.1, -0.05) is 11.2 Å². The average molecular weight is 314 g/mol. The molecule has 0 radical (unpaired) electrons. The molecule has 120 valence electrons. The Hall–Kier alpha value is -2.22. The second kappa shape index (κ2) is 7.69. The fourth-order valence-electron chi connectivity index (χ4n) is 1.78. The number of ether oxygens (including phenoxy) is 2. The molecule has 2 aromatic rings. The molecule has 0 spiro atoms. The van der Waals surface area contributed by atoms with E-state index < -0.39 is 12.2 Å². The van der Waals surface area contributed by atoms with Crippen LogP contribution in [0.4, 0.5) is 8.78 Å². The first kappa shape index (κ1) is 16.2. The van der Waals surface area contributed by atoms with Gasteiger partial charge in [0.15, 0.2) is 18.1 Å². The van der Waals surface area contributed by atoms with E-state index >= 15 is 0 Å². The van der Waals surface area contributed by atoms with Crippen molar-refractivity contribution in [2.75, 3.05) is 13.2 Å². The second-order valence-electron chi connectivity index (χ2n) is 4.32. The summed E-state index contributed by atoms with van der Waals surface area (Å²) in [7, 11) is 0. The summed E-state index contributed by atoms with van der Waals surface area (Å²) in [6.07, 6.45) is -2.28. The number of aliphatic hydroxyl groups excluding tert-OH is 1. The summed E-state index contributed by atoms with van der Waals surface area (Å²) < 4.78 is 40.3. The Labute approximate surface area is 125 Å². The van der Waals surface area contributed by atoms with Crippen LogP contribution >= 0.6 is 0 Å². The lowest BCUT2D eigenvalue weighted by atomic mass is 10.1. The number of nitrogens with zero attached hydrogens (tertiary/aromatic N) is 2. The second-order valence-corrected chi connectivity index (χ2v) is 4.32. The zero-order valence-electron chi connectivity index (χ0n) is 12.0. The van der Waals surface area contributed by atoms with Gasteiger partial charge in [-0.05, 0) is 31.0 Å². The van der Waals surface area contributed by atoms with Crippen molar-refractivity contribution in [1.82, 2.24) is 10.1 Å². The molecule has 0 saturated heterocycles. The third kappa shape index (κ3) is 4.14. The summed E-state index contributed by atoms with van der Waals surface area (Å²) in [6.45, 7) is 2.16. The van der Waals surface area contributed by atoms with Crippen LogP contribution in [0, 0.1) is 0 Å². The van der Waals surface area contributed by atoms with Gasteiger partial charge in [-0.15, -0.1) is 0 Å². The van der Waals surface area contributed by atoms with Crippen LogP contribution in [0.25, 0.3) is 0 Å². The summed E-state index contributed by atoms with van der Waals surface area (Å²) >= 11 is 0. The molecule has 0 bridgehead atoms. The van der Waals surface area contributed by atoms with E-state index in [1.165, 1.54) is 0 Å². The number of aromatic nitrogens is 2. The predicted molar refractivity (Wildman–Crippen MR) is 72.0 cm³/mol. The Morgan fingerprint density at radius 2 is 2.09 bits per heavy atom. The third-order valence-corrected chi connectivity index (χ3v) is 2.74. The van der Waals surface area contributed by atoms with Crippen LogP contribution in [0.15, 0.2) is 22.7 Å². The Morgan fingerprint density at radius 3 is 2.73 bits per heavy atom. The van der Waals surface area contributed by atoms with Crippen molar-refractivity contribution in [3.8, 4) is 11.5 Å². The summed E-state index contributed by atoms with van der Waals surface area (Å²) in [5.41, 5.74) is 0.899. The number of hydrogen-bond acceptors (Lipinski definition) is 6. The molecule has 1 heterocycles. The van der Waals surface area contributed by atoms with Gasteiger partial charge >= 0.3 is 6.43 Å². The molecule has 0 aliphatic rings. The van der Waals surface area contributed by atoms with Crippen LogP contribution < -0.4 is 9.47 Å². The number of rotatable bonds is 8. The highest BCUT2D eigenvalue weighted by Gasteiger charge is 2.16. The molecule has 0 amide bonds. The number of halogens is 2. The molecule has 0 unspecified atom stereocenters. The Bertz CT molecular complexity index is 604. The molecule has 8 heteroatoms. The van der Waals surface area contributed by atoms with E-state index in [1.54, 1.807) is 18.2 Å². The minimum Gasteiger partial charge on any atom is -0.490 e. The Morgan fingerprint density at radius 1 is 1.27 bits per heavy atom. The van der Waals surface area contributed by atoms with Crippen molar-refractivity contribution in [3.05, 3.63) is 35.5 Å². The SMILES string of the molecule is CCOc1cc(CCO)ccc1OCc1nc(C(F)F)no1. The third-order valence-electron chi connectivity index (χ3n) is 2.74. The topological polar surface area (TPSA) is 77.6 Å². The van der Waals surface area contributed by atoms with E-state index in [4.69, 9.17) is 14.6 Å². The molecular formula is C14H16F2N2O4. The standard InChI is InChI=1S/C14H16F2N2O4/c1-2-20-11-7-9(5-6-19)3-4-10(11)21-8-12-17-14(13(15)16)18-22-12/h3-4,7,13,19H,2,5-6,8H2,1H3. The lowest BCUT2D eigenvalue weighted by molar-refractivity contribution is 0.136. The molecule has 22 heavy (non-hydrogen) atoms. The number of hydrogen-bond donors (Lipinski definition) is 1. The van der Waals surface area contributed by atoms with Crippen molar-refractivity contribution in [2.45, 2.75) is 26.4 Å². The van der Waals surface area contributed by atoms with Crippen LogP contribution in [-0.2, 0) is 13.0 Å². The molecule has 0 atom stereocenters. The maximum atomic E-state index is 12.4. The Balaban J connectivity index is 2.07. The van der Waals surface area contributed by atoms with Crippen molar-refractivity contribution in [1.29, 1.82) is 0 Å². The van der Waals surface area contributed by atoms with Crippen LogP contribution in [0.5, 0.6) is 11.5 Å². The maximum Gasteiger partial charge on any atom is 0.300 e. The van der Waals surface area contributed by atoms with Crippen molar-refractivity contribution >= 4 is 0 Å². The monoisotopic (exact) mass is 314 g/mol. The molecule has 1 N–H and O–H groups in total. The van der Waals surface area contributed by atoms with Gasteiger partial charge in [0.1, 0.15) is 0 Å². The molecule has 0 saturated carbocycles. The summed E-state index contributed by atoms with van der Waals surface area (Å²) in [5, 5.41) is 12.1. The largest absolute Gasteiger partial charge is 0.490 e. The lowest BCUT2D eigenvalue weighted by Gasteiger charge is -2.12. The van der Waals surface area contributed by atoms with Gasteiger partial charge < -0.3 is 19.1 Å². The number of aliphatic hydroxyl groups is 1. The molecule has 6 nitrogen and oxygen atoms in total. The van der Waals surface area contributed by atoms with Gasteiger partial charge in [0.25, 0.3) is 5.89 Å². The molecular weight excluding hydrogens is 298 g/mol. The van der Waals surface area contributed by atoms with Crippen molar-refractivity contribution < 1.29 is 27.9 Å². The van der Waals surface area contributed by atoms with Crippen LogP contribution in [0.3, 0.4) is 0 Å². The van der Waals surface area contributed by atoms with E-state index in [-0.39, 0.29) is 19.1 Å². The van der Waals surface area contributed by atoms with Gasteiger partial charge in [0.05, 0.1) is 6.61 Å². The fourth-order valence-corrected chi connectivity index (χ4v) is 1.78. The molecule has 0 aliphatic heterocycles. The summed E-state index contributed by atoms with van der Waals surface area (Å²) in [6, 6.07) is 5.22. The smallest absolute Gasteiger partial charge is 0.300 e. The molecule has 2 rings (SSSR count). The van der Waals surface area contributed by atoms with Gasteiger partial charge in [0, 0.05) is 6.61 Å². The average Bonchev–Trinajstić information content (AvgIpc) is 2.96. The minimum absolute atomic E-state index is 0.0319. The highest BCUT2D eigenvalue weighted by molar-refractivity contribution is 5.43. The van der Waals surface area contributed by atoms with Crippen molar-refractivity contribution in [2.24, 2.45) is 0 Å². The first-order valence-electron chi connectivity index (χ1n) is 6.74. The first-order valence-corrected chi connectivity index (χ1v) is 6.74. The minimum atomic E-state index is -2.78. The van der Waals surface area contributed by atoms with Crippen molar-refractivity contribution in [3.63, 3.8) is 0 Å². The van der Waals surface area contributed by atoms with E-state index in [0.29, 0.717) is 24.5 Å². The maximum absolute atomic E-state index is 12.4. The zero-order chi connectivity index (χ0) is 15.9. The fraction of sp³-hybridized carbons (Fsp3) is 0.429. The van der Waals surface area contributed by atoms with Crippen LogP contribution in [-0.4, -0.2) is 28.5 Å². The number of benzene rings is 1. The van der Waals surface area contributed by atoms with Gasteiger partial charge in [-0.3, -0.25) is 0 Å².